The van der Waals surface area contributed by atoms with Crippen molar-refractivity contribution in [3.8, 4) is 0 Å². The summed E-state index contributed by atoms with van der Waals surface area (Å²) in [6, 6.07) is 11.5. The fourth-order valence-corrected chi connectivity index (χ4v) is 1.62. The predicted molar refractivity (Wildman–Crippen MR) is 76.9 cm³/mol. The van der Waals surface area contributed by atoms with E-state index in [9.17, 15) is 4.79 Å². The molecule has 0 atom stereocenters. The summed E-state index contributed by atoms with van der Waals surface area (Å²) < 4.78 is 6.80. The maximum absolute atomic E-state index is 11.4. The lowest BCUT2D eigenvalue weighted by atomic mass is 10.2. The lowest BCUT2D eigenvalue weighted by Gasteiger charge is -2.04. The summed E-state index contributed by atoms with van der Waals surface area (Å²) in [6.45, 7) is 0.681. The molecule has 1 aromatic carbocycles. The number of nitrogens with zero attached hydrogens (tertiary/aromatic N) is 2. The molecule has 0 saturated carbocycles. The molecule has 2 aromatic rings. The predicted octanol–water partition coefficient (Wildman–Crippen LogP) is 2.36. The molecule has 0 aliphatic carbocycles. The van der Waals surface area contributed by atoms with E-state index in [2.05, 4.69) is 10.4 Å². The van der Waals surface area contributed by atoms with Crippen LogP contribution in [0.15, 0.2) is 48.7 Å². The Hall–Kier alpha value is -2.56. The number of alkyl carbamates (subject to hydrolysis) is 1. The average Bonchev–Trinajstić information content (AvgIpc) is 2.88. The molecule has 5 heteroatoms. The van der Waals surface area contributed by atoms with Crippen LogP contribution in [0.2, 0.25) is 0 Å². The van der Waals surface area contributed by atoms with Crippen LogP contribution in [-0.4, -0.2) is 22.4 Å². The third-order valence-corrected chi connectivity index (χ3v) is 2.60. The van der Waals surface area contributed by atoms with Crippen molar-refractivity contribution in [3.05, 3.63) is 59.9 Å². The molecular weight excluding hydrogens is 254 g/mol. The molecule has 0 unspecified atom stereocenters. The zero-order chi connectivity index (χ0) is 14.2. The lowest BCUT2D eigenvalue weighted by molar-refractivity contribution is 0.141. The number of aryl methyl sites for hydroxylation is 1. The quantitative estimate of drug-likeness (QED) is 0.908. The highest BCUT2D eigenvalue weighted by molar-refractivity contribution is 5.67. The van der Waals surface area contributed by atoms with Gasteiger partial charge in [0.05, 0.1) is 5.69 Å². The van der Waals surface area contributed by atoms with Gasteiger partial charge in [-0.3, -0.25) is 4.68 Å². The monoisotopic (exact) mass is 271 g/mol. The van der Waals surface area contributed by atoms with Crippen LogP contribution in [0.25, 0.3) is 6.08 Å². The van der Waals surface area contributed by atoms with Crippen LogP contribution in [0.5, 0.6) is 0 Å². The van der Waals surface area contributed by atoms with E-state index in [0.717, 1.165) is 11.3 Å². The number of hydrogen-bond acceptors (Lipinski definition) is 3. The third-order valence-electron chi connectivity index (χ3n) is 2.60. The van der Waals surface area contributed by atoms with Gasteiger partial charge < -0.3 is 10.1 Å². The molecule has 104 valence electrons. The minimum Gasteiger partial charge on any atom is -0.445 e. The molecule has 1 heterocycles. The zero-order valence-corrected chi connectivity index (χ0v) is 11.3. The summed E-state index contributed by atoms with van der Waals surface area (Å²) in [4.78, 5) is 11.4. The number of ether oxygens (including phenoxy) is 1. The van der Waals surface area contributed by atoms with E-state index >= 15 is 0 Å². The Morgan fingerprint density at radius 3 is 2.85 bits per heavy atom. The molecule has 0 spiro atoms. The van der Waals surface area contributed by atoms with Gasteiger partial charge >= 0.3 is 6.09 Å². The van der Waals surface area contributed by atoms with Crippen LogP contribution in [0.3, 0.4) is 0 Å². The Labute approximate surface area is 117 Å². The number of benzene rings is 1. The van der Waals surface area contributed by atoms with E-state index in [1.54, 1.807) is 4.68 Å². The van der Waals surface area contributed by atoms with Gasteiger partial charge in [-0.05, 0) is 17.7 Å². The molecule has 0 saturated heterocycles. The maximum Gasteiger partial charge on any atom is 0.407 e. The second-order valence-corrected chi connectivity index (χ2v) is 4.26. The molecule has 20 heavy (non-hydrogen) atoms. The van der Waals surface area contributed by atoms with Crippen LogP contribution in [0, 0.1) is 0 Å². The van der Waals surface area contributed by atoms with Crippen molar-refractivity contribution < 1.29 is 9.53 Å². The molecule has 1 aromatic heterocycles. The van der Waals surface area contributed by atoms with Gasteiger partial charge in [-0.2, -0.15) is 5.10 Å². The fourth-order valence-electron chi connectivity index (χ4n) is 1.62. The van der Waals surface area contributed by atoms with Crippen molar-refractivity contribution in [3.63, 3.8) is 0 Å². The molecule has 2 rings (SSSR count). The van der Waals surface area contributed by atoms with Crippen LogP contribution < -0.4 is 5.32 Å². The second-order valence-electron chi connectivity index (χ2n) is 4.26. The van der Waals surface area contributed by atoms with Crippen LogP contribution in [-0.2, 0) is 18.4 Å². The van der Waals surface area contributed by atoms with Gasteiger partial charge in [0.25, 0.3) is 0 Å². The molecule has 1 N–H and O–H groups in total. The smallest absolute Gasteiger partial charge is 0.407 e. The Bertz CT molecular complexity index is 576. The Morgan fingerprint density at radius 1 is 1.35 bits per heavy atom. The fraction of sp³-hybridized carbons (Fsp3) is 0.200. The molecule has 0 aliphatic rings. The molecule has 0 radical (unpaired) electrons. The van der Waals surface area contributed by atoms with Gasteiger partial charge in [-0.25, -0.2) is 4.79 Å². The largest absolute Gasteiger partial charge is 0.445 e. The van der Waals surface area contributed by atoms with E-state index < -0.39 is 6.09 Å². The molecular formula is C15H17N3O2. The molecule has 0 fully saturated rings. The van der Waals surface area contributed by atoms with Crippen molar-refractivity contribution in [2.75, 3.05) is 6.54 Å². The van der Waals surface area contributed by atoms with Crippen molar-refractivity contribution in [1.82, 2.24) is 15.1 Å². The number of carbonyl (C=O) groups is 1. The SMILES string of the molecule is Cn1ccc(C=CCNC(=O)OCc2ccccc2)n1. The topological polar surface area (TPSA) is 56.2 Å². The van der Waals surface area contributed by atoms with Crippen molar-refractivity contribution in [2.24, 2.45) is 7.05 Å². The van der Waals surface area contributed by atoms with Gasteiger partial charge in [0, 0.05) is 19.8 Å². The zero-order valence-electron chi connectivity index (χ0n) is 11.3. The summed E-state index contributed by atoms with van der Waals surface area (Å²) in [5, 5.41) is 6.84. The minimum atomic E-state index is -0.431. The normalized spacial score (nSPS) is 10.7. The van der Waals surface area contributed by atoms with Crippen molar-refractivity contribution in [2.45, 2.75) is 6.61 Å². The summed E-state index contributed by atoms with van der Waals surface area (Å²) in [5.74, 6) is 0. The van der Waals surface area contributed by atoms with Crippen molar-refractivity contribution >= 4 is 12.2 Å². The number of hydrogen-bond donors (Lipinski definition) is 1. The van der Waals surface area contributed by atoms with Gasteiger partial charge in [-0.1, -0.05) is 36.4 Å². The molecule has 0 bridgehead atoms. The van der Waals surface area contributed by atoms with Crippen LogP contribution >= 0.6 is 0 Å². The number of rotatable bonds is 5. The molecule has 5 nitrogen and oxygen atoms in total. The highest BCUT2D eigenvalue weighted by Crippen LogP contribution is 2.00. The van der Waals surface area contributed by atoms with Crippen LogP contribution in [0.4, 0.5) is 4.79 Å². The Morgan fingerprint density at radius 2 is 2.15 bits per heavy atom. The molecule has 0 aliphatic heterocycles. The summed E-state index contributed by atoms with van der Waals surface area (Å²) >= 11 is 0. The standard InChI is InChI=1S/C15H17N3O2/c1-18-11-9-14(17-18)8-5-10-16-15(19)20-12-13-6-3-2-4-7-13/h2-9,11H,10,12H2,1H3,(H,16,19). The first-order valence-corrected chi connectivity index (χ1v) is 6.35. The number of aromatic nitrogens is 2. The van der Waals surface area contributed by atoms with Crippen LogP contribution in [0.1, 0.15) is 11.3 Å². The van der Waals surface area contributed by atoms with E-state index in [-0.39, 0.29) is 6.61 Å². The summed E-state index contributed by atoms with van der Waals surface area (Å²) in [7, 11) is 1.86. The number of carbonyl (C=O) groups excluding carboxylic acids is 1. The first-order chi connectivity index (χ1) is 9.74. The van der Waals surface area contributed by atoms with Gasteiger partial charge in [0.15, 0.2) is 0 Å². The third kappa shape index (κ3) is 4.61. The van der Waals surface area contributed by atoms with Gasteiger partial charge in [0.2, 0.25) is 0 Å². The number of nitrogens with one attached hydrogen (secondary N) is 1. The highest BCUT2D eigenvalue weighted by Gasteiger charge is 2.00. The summed E-state index contributed by atoms with van der Waals surface area (Å²) in [6.07, 6.45) is 5.10. The second kappa shape index (κ2) is 7.13. The Kier molecular flexibility index (Phi) is 4.94. The highest BCUT2D eigenvalue weighted by atomic mass is 16.5. The maximum atomic E-state index is 11.4. The van der Waals surface area contributed by atoms with Gasteiger partial charge in [0.1, 0.15) is 6.61 Å². The molecule has 1 amide bonds. The lowest BCUT2D eigenvalue weighted by Crippen LogP contribution is -2.24. The van der Waals surface area contributed by atoms with E-state index in [0.29, 0.717) is 6.54 Å². The Balaban J connectivity index is 1.66. The van der Waals surface area contributed by atoms with E-state index in [1.807, 2.05) is 61.8 Å². The first kappa shape index (κ1) is 13.9. The van der Waals surface area contributed by atoms with Gasteiger partial charge in [-0.15, -0.1) is 0 Å². The first-order valence-electron chi connectivity index (χ1n) is 6.35. The number of amides is 1. The average molecular weight is 271 g/mol. The minimum absolute atomic E-state index is 0.274. The van der Waals surface area contributed by atoms with E-state index in [1.165, 1.54) is 0 Å². The summed E-state index contributed by atoms with van der Waals surface area (Å²) in [5.41, 5.74) is 1.82. The van der Waals surface area contributed by atoms with E-state index in [4.69, 9.17) is 4.74 Å². The van der Waals surface area contributed by atoms with Crippen molar-refractivity contribution in [1.29, 1.82) is 0 Å².